The molecule has 0 bridgehead atoms. The molecule has 0 aliphatic heterocycles. The van der Waals surface area contributed by atoms with Crippen molar-refractivity contribution < 1.29 is 24.9 Å². The second kappa shape index (κ2) is 5.68. The molecule has 3 atom stereocenters. The van der Waals surface area contributed by atoms with Crippen LogP contribution in [-0.2, 0) is 9.59 Å². The van der Waals surface area contributed by atoms with E-state index in [9.17, 15) is 19.8 Å². The Hall–Kier alpha value is -2.12. The Morgan fingerprint density at radius 2 is 1.74 bits per heavy atom. The number of hydrogen-bond donors (Lipinski definition) is 5. The molecule has 0 amide bonds. The normalized spacial score (nSPS) is 15.5. The summed E-state index contributed by atoms with van der Waals surface area (Å²) in [6.07, 6.45) is 0. The number of Topliss-reactive ketones (excluding diaryl/α,β-unsaturated/α-hetero) is 1. The molecule has 0 fully saturated rings. The minimum absolute atomic E-state index is 0.188. The van der Waals surface area contributed by atoms with Crippen LogP contribution in [-0.4, -0.2) is 39.2 Å². The Morgan fingerprint density at radius 1 is 1.16 bits per heavy atom. The second-order valence-electron chi connectivity index (χ2n) is 4.28. The van der Waals surface area contributed by atoms with Gasteiger partial charge in [-0.2, -0.15) is 0 Å². The van der Waals surface area contributed by atoms with Crippen LogP contribution in [0.25, 0.3) is 0 Å². The summed E-state index contributed by atoms with van der Waals surface area (Å²) in [6.45, 7) is 1.42. The molecular formula is C12H16N2O5. The van der Waals surface area contributed by atoms with E-state index in [2.05, 4.69) is 0 Å². The zero-order chi connectivity index (χ0) is 14.7. The van der Waals surface area contributed by atoms with Crippen LogP contribution < -0.4 is 11.5 Å². The van der Waals surface area contributed by atoms with Crippen LogP contribution >= 0.6 is 0 Å². The zero-order valence-electron chi connectivity index (χ0n) is 10.3. The van der Waals surface area contributed by atoms with E-state index in [1.165, 1.54) is 13.0 Å². The van der Waals surface area contributed by atoms with Crippen molar-refractivity contribution in [2.45, 2.75) is 24.9 Å². The first-order valence-corrected chi connectivity index (χ1v) is 5.55. The lowest BCUT2D eigenvalue weighted by atomic mass is 9.85. The van der Waals surface area contributed by atoms with Gasteiger partial charge in [0.25, 0.3) is 0 Å². The number of carbonyl (C=O) groups excluding carboxylic acids is 1. The first-order chi connectivity index (χ1) is 8.75. The molecule has 0 aromatic heterocycles. The smallest absolute Gasteiger partial charge is 0.321 e. The van der Waals surface area contributed by atoms with Crippen molar-refractivity contribution in [3.8, 4) is 11.5 Å². The summed E-state index contributed by atoms with van der Waals surface area (Å²) in [7, 11) is 0. The van der Waals surface area contributed by atoms with Crippen molar-refractivity contribution in [3.63, 3.8) is 0 Å². The predicted molar refractivity (Wildman–Crippen MR) is 66.8 cm³/mol. The number of benzene rings is 1. The summed E-state index contributed by atoms with van der Waals surface area (Å²) < 4.78 is 0. The number of ketones is 1. The van der Waals surface area contributed by atoms with Gasteiger partial charge in [0.05, 0.1) is 12.0 Å². The Kier molecular flexibility index (Phi) is 4.47. The quantitative estimate of drug-likeness (QED) is 0.452. The summed E-state index contributed by atoms with van der Waals surface area (Å²) in [4.78, 5) is 22.9. The van der Waals surface area contributed by atoms with Gasteiger partial charge in [-0.3, -0.25) is 9.59 Å². The predicted octanol–water partition coefficient (Wildman–Crippen LogP) is -0.490. The summed E-state index contributed by atoms with van der Waals surface area (Å²) in [5.41, 5.74) is 11.2. The highest BCUT2D eigenvalue weighted by Crippen LogP contribution is 2.30. The van der Waals surface area contributed by atoms with Crippen LogP contribution in [0.4, 0.5) is 0 Å². The Labute approximate surface area is 109 Å². The third-order valence-electron chi connectivity index (χ3n) is 2.76. The van der Waals surface area contributed by atoms with Crippen LogP contribution in [0.15, 0.2) is 18.2 Å². The van der Waals surface area contributed by atoms with Gasteiger partial charge in [-0.05, 0) is 24.6 Å². The maximum atomic E-state index is 12.0. The Morgan fingerprint density at radius 3 is 2.16 bits per heavy atom. The van der Waals surface area contributed by atoms with Gasteiger partial charge in [-0.15, -0.1) is 0 Å². The lowest BCUT2D eigenvalue weighted by Crippen LogP contribution is -2.45. The lowest BCUT2D eigenvalue weighted by Gasteiger charge is -2.22. The molecule has 3 unspecified atom stereocenters. The van der Waals surface area contributed by atoms with Crippen molar-refractivity contribution in [3.05, 3.63) is 23.8 Å². The minimum atomic E-state index is -1.48. The van der Waals surface area contributed by atoms with Gasteiger partial charge in [0.2, 0.25) is 0 Å². The fraction of sp³-hybridized carbons (Fsp3) is 0.333. The van der Waals surface area contributed by atoms with Gasteiger partial charge < -0.3 is 26.8 Å². The van der Waals surface area contributed by atoms with Crippen molar-refractivity contribution in [2.75, 3.05) is 0 Å². The van der Waals surface area contributed by atoms with E-state index in [0.29, 0.717) is 0 Å². The highest BCUT2D eigenvalue weighted by atomic mass is 16.4. The molecule has 0 spiro atoms. The molecule has 104 valence electrons. The number of carboxylic acid groups (broad SMARTS) is 1. The number of aromatic hydroxyl groups is 2. The maximum Gasteiger partial charge on any atom is 0.321 e. The molecule has 19 heavy (non-hydrogen) atoms. The molecule has 0 radical (unpaired) electrons. The summed E-state index contributed by atoms with van der Waals surface area (Å²) in [5, 5.41) is 27.6. The number of hydrogen-bond acceptors (Lipinski definition) is 6. The van der Waals surface area contributed by atoms with Gasteiger partial charge >= 0.3 is 5.97 Å². The Bertz CT molecular complexity index is 501. The Balaban J connectivity index is 3.26. The molecule has 0 heterocycles. The molecule has 7 heteroatoms. The fourth-order valence-corrected chi connectivity index (χ4v) is 1.71. The van der Waals surface area contributed by atoms with Gasteiger partial charge in [0.1, 0.15) is 6.04 Å². The van der Waals surface area contributed by atoms with E-state index in [1.54, 1.807) is 0 Å². The van der Waals surface area contributed by atoms with Crippen molar-refractivity contribution in [1.29, 1.82) is 0 Å². The SMILES string of the molecule is CC(N)C(=O)C(c1ccc(O)c(O)c1)C(N)C(=O)O. The molecule has 1 rings (SSSR count). The molecule has 1 aromatic rings. The molecule has 0 aliphatic rings. The highest BCUT2D eigenvalue weighted by Gasteiger charge is 2.34. The number of carboxylic acids is 1. The van der Waals surface area contributed by atoms with Crippen molar-refractivity contribution in [2.24, 2.45) is 11.5 Å². The molecule has 1 aromatic carbocycles. The molecule has 0 saturated heterocycles. The number of phenols is 2. The zero-order valence-corrected chi connectivity index (χ0v) is 10.3. The van der Waals surface area contributed by atoms with E-state index in [-0.39, 0.29) is 11.3 Å². The van der Waals surface area contributed by atoms with Gasteiger partial charge in [-0.25, -0.2) is 0 Å². The standard InChI is InChI=1S/C12H16N2O5/c1-5(13)11(17)9(10(14)12(18)19)6-2-3-7(15)8(16)4-6/h2-5,9-10,15-16H,13-14H2,1H3,(H,18,19). The van der Waals surface area contributed by atoms with Crippen LogP contribution in [0, 0.1) is 0 Å². The average molecular weight is 268 g/mol. The third-order valence-corrected chi connectivity index (χ3v) is 2.76. The lowest BCUT2D eigenvalue weighted by molar-refractivity contribution is -0.141. The minimum Gasteiger partial charge on any atom is -0.504 e. The second-order valence-corrected chi connectivity index (χ2v) is 4.28. The fourth-order valence-electron chi connectivity index (χ4n) is 1.71. The van der Waals surface area contributed by atoms with E-state index < -0.39 is 35.5 Å². The highest BCUT2D eigenvalue weighted by molar-refractivity contribution is 5.95. The largest absolute Gasteiger partial charge is 0.504 e. The molecule has 7 N–H and O–H groups in total. The third kappa shape index (κ3) is 3.21. The maximum absolute atomic E-state index is 12.0. The average Bonchev–Trinajstić information content (AvgIpc) is 2.33. The topological polar surface area (TPSA) is 147 Å². The van der Waals surface area contributed by atoms with Crippen LogP contribution in [0.1, 0.15) is 18.4 Å². The van der Waals surface area contributed by atoms with Crippen LogP contribution in [0.2, 0.25) is 0 Å². The number of rotatable bonds is 5. The molecular weight excluding hydrogens is 252 g/mol. The van der Waals surface area contributed by atoms with E-state index in [0.717, 1.165) is 12.1 Å². The van der Waals surface area contributed by atoms with Gasteiger partial charge in [0.15, 0.2) is 17.3 Å². The van der Waals surface area contributed by atoms with Gasteiger partial charge in [-0.1, -0.05) is 6.07 Å². The van der Waals surface area contributed by atoms with Gasteiger partial charge in [0, 0.05) is 0 Å². The first-order valence-electron chi connectivity index (χ1n) is 5.55. The number of nitrogens with two attached hydrogens (primary N) is 2. The molecule has 0 saturated carbocycles. The van der Waals surface area contributed by atoms with E-state index in [4.69, 9.17) is 16.6 Å². The van der Waals surface area contributed by atoms with Crippen molar-refractivity contribution in [1.82, 2.24) is 0 Å². The first kappa shape index (κ1) is 14.9. The molecule has 0 aliphatic carbocycles. The van der Waals surface area contributed by atoms with Crippen LogP contribution in [0.3, 0.4) is 0 Å². The summed E-state index contributed by atoms with van der Waals surface area (Å²) >= 11 is 0. The number of aliphatic carboxylic acids is 1. The summed E-state index contributed by atoms with van der Waals surface area (Å²) in [6, 6.07) is 1.20. The van der Waals surface area contributed by atoms with Crippen LogP contribution in [0.5, 0.6) is 11.5 Å². The number of phenolic OH excluding ortho intramolecular Hbond substituents is 2. The molecule has 7 nitrogen and oxygen atoms in total. The summed E-state index contributed by atoms with van der Waals surface area (Å²) in [5.74, 6) is -3.94. The van der Waals surface area contributed by atoms with E-state index >= 15 is 0 Å². The monoisotopic (exact) mass is 268 g/mol. The van der Waals surface area contributed by atoms with E-state index in [1.807, 2.05) is 0 Å². The number of carbonyl (C=O) groups is 2. The van der Waals surface area contributed by atoms with Crippen molar-refractivity contribution >= 4 is 11.8 Å².